The molecule has 1 N–H and O–H groups in total. The van der Waals surface area contributed by atoms with Gasteiger partial charge < -0.3 is 4.57 Å². The molecule has 1 aromatic carbocycles. The lowest BCUT2D eigenvalue weighted by molar-refractivity contribution is -0.147. The van der Waals surface area contributed by atoms with Crippen molar-refractivity contribution in [2.45, 2.75) is 49.3 Å². The van der Waals surface area contributed by atoms with Crippen LogP contribution in [0.3, 0.4) is 0 Å². The molecule has 0 aliphatic heterocycles. The quantitative estimate of drug-likeness (QED) is 0.542. The van der Waals surface area contributed by atoms with Gasteiger partial charge in [0.15, 0.2) is 0 Å². The Balaban J connectivity index is 1.80. The highest BCUT2D eigenvalue weighted by Crippen LogP contribution is 2.42. The van der Waals surface area contributed by atoms with E-state index in [1.807, 2.05) is 4.57 Å². The maximum absolute atomic E-state index is 12.8. The van der Waals surface area contributed by atoms with Gasteiger partial charge in [-0.05, 0) is 56.5 Å². The van der Waals surface area contributed by atoms with Crippen LogP contribution in [0.15, 0.2) is 41.4 Å². The first-order valence-corrected chi connectivity index (χ1v) is 11.7. The van der Waals surface area contributed by atoms with Crippen LogP contribution in [0.4, 0.5) is 13.2 Å². The molecule has 11 heteroatoms. The molecule has 4 rings (SSSR count). The van der Waals surface area contributed by atoms with Crippen molar-refractivity contribution in [3.63, 3.8) is 0 Å². The molecule has 0 amide bonds. The third kappa shape index (κ3) is 3.96. The zero-order valence-corrected chi connectivity index (χ0v) is 18.4. The summed E-state index contributed by atoms with van der Waals surface area (Å²) < 4.78 is 66.6. The van der Waals surface area contributed by atoms with Crippen molar-refractivity contribution in [3.05, 3.63) is 47.1 Å². The first-order chi connectivity index (χ1) is 15.0. The number of nitriles is 1. The van der Waals surface area contributed by atoms with Gasteiger partial charge in [0, 0.05) is 22.6 Å². The maximum atomic E-state index is 12.8. The van der Waals surface area contributed by atoms with Crippen LogP contribution in [0.2, 0.25) is 5.02 Å². The molecule has 3 aromatic rings. The molecule has 32 heavy (non-hydrogen) atoms. The van der Waals surface area contributed by atoms with E-state index in [4.69, 9.17) is 11.6 Å². The molecule has 6 nitrogen and oxygen atoms in total. The first-order valence-electron chi connectivity index (χ1n) is 9.82. The van der Waals surface area contributed by atoms with Crippen LogP contribution >= 0.6 is 11.6 Å². The third-order valence-corrected chi connectivity index (χ3v) is 7.39. The van der Waals surface area contributed by atoms with Crippen LogP contribution < -0.4 is 4.72 Å². The SMILES string of the molecule is C[C@@H](NS(=O)(=O)c1ccc(-c2c(C#N)c3ccc(Cl)cc3n2C2CCC2)nc1)C(F)(F)F. The van der Waals surface area contributed by atoms with E-state index in [0.717, 1.165) is 37.9 Å². The standard InChI is InChI=1S/C21H18ClF3N4O2S/c1-12(21(23,24)25)28-32(30,31)15-6-8-18(27-11-15)20-17(10-26)16-7-5-13(22)9-19(16)29(20)14-3-2-4-14/h5-9,11-12,14,28H,2-4H2,1H3/t12-/m1/s1. The normalized spacial score (nSPS) is 16.0. The van der Waals surface area contributed by atoms with Gasteiger partial charge >= 0.3 is 6.18 Å². The number of sulfonamides is 1. The molecule has 0 saturated heterocycles. The minimum absolute atomic E-state index is 0.146. The van der Waals surface area contributed by atoms with Crippen molar-refractivity contribution in [2.24, 2.45) is 0 Å². The fourth-order valence-electron chi connectivity index (χ4n) is 3.72. The Labute approximate surface area is 187 Å². The fourth-order valence-corrected chi connectivity index (χ4v) is 5.06. The van der Waals surface area contributed by atoms with E-state index in [1.54, 1.807) is 22.9 Å². The Morgan fingerprint density at radius 2 is 2.00 bits per heavy atom. The van der Waals surface area contributed by atoms with Crippen LogP contribution in [0.1, 0.15) is 37.8 Å². The average Bonchev–Trinajstić information content (AvgIpc) is 2.99. The van der Waals surface area contributed by atoms with Gasteiger partial charge in [0.25, 0.3) is 0 Å². The molecule has 1 saturated carbocycles. The molecule has 2 aromatic heterocycles. The molecule has 168 valence electrons. The molecule has 1 atom stereocenters. The first kappa shape index (κ1) is 22.6. The Kier molecular flexibility index (Phi) is 5.69. The number of pyridine rings is 1. The van der Waals surface area contributed by atoms with Crippen LogP contribution in [-0.2, 0) is 10.0 Å². The molecular weight excluding hydrogens is 465 g/mol. The number of nitrogens with one attached hydrogen (secondary N) is 1. The Bertz CT molecular complexity index is 1320. The summed E-state index contributed by atoms with van der Waals surface area (Å²) >= 11 is 6.19. The second-order valence-electron chi connectivity index (χ2n) is 7.72. The smallest absolute Gasteiger partial charge is 0.335 e. The summed E-state index contributed by atoms with van der Waals surface area (Å²) in [5.74, 6) is 0. The van der Waals surface area contributed by atoms with Gasteiger partial charge in [-0.2, -0.15) is 23.2 Å². The van der Waals surface area contributed by atoms with Crippen molar-refractivity contribution in [1.82, 2.24) is 14.3 Å². The molecule has 0 bridgehead atoms. The summed E-state index contributed by atoms with van der Waals surface area (Å²) in [5, 5.41) is 11.1. The van der Waals surface area contributed by atoms with Crippen LogP contribution in [0.5, 0.6) is 0 Å². The van der Waals surface area contributed by atoms with Gasteiger partial charge in [-0.15, -0.1) is 0 Å². The monoisotopic (exact) mass is 482 g/mol. The molecule has 0 radical (unpaired) electrons. The van der Waals surface area contributed by atoms with Gasteiger partial charge in [-0.3, -0.25) is 4.98 Å². The molecular formula is C21H18ClF3N4O2S. The van der Waals surface area contributed by atoms with Crippen molar-refractivity contribution < 1.29 is 21.6 Å². The maximum Gasteiger partial charge on any atom is 0.404 e. The van der Waals surface area contributed by atoms with E-state index in [0.29, 0.717) is 27.4 Å². The Morgan fingerprint density at radius 1 is 1.28 bits per heavy atom. The number of rotatable bonds is 5. The minimum atomic E-state index is -4.72. The summed E-state index contributed by atoms with van der Waals surface area (Å²) in [6.45, 7) is 0.723. The zero-order valence-electron chi connectivity index (χ0n) is 16.8. The molecule has 0 unspecified atom stereocenters. The van der Waals surface area contributed by atoms with E-state index in [-0.39, 0.29) is 6.04 Å². The minimum Gasteiger partial charge on any atom is -0.335 e. The number of hydrogen-bond acceptors (Lipinski definition) is 4. The number of fused-ring (bicyclic) bond motifs is 1. The largest absolute Gasteiger partial charge is 0.404 e. The lowest BCUT2D eigenvalue weighted by atomic mass is 9.92. The van der Waals surface area contributed by atoms with Gasteiger partial charge in [0.05, 0.1) is 22.5 Å². The summed E-state index contributed by atoms with van der Waals surface area (Å²) in [4.78, 5) is 3.81. The number of hydrogen-bond donors (Lipinski definition) is 1. The molecule has 1 aliphatic rings. The molecule has 1 fully saturated rings. The van der Waals surface area contributed by atoms with Crippen molar-refractivity contribution in [3.8, 4) is 17.5 Å². The highest BCUT2D eigenvalue weighted by Gasteiger charge is 2.39. The predicted octanol–water partition coefficient (Wildman–Crippen LogP) is 5.18. The van der Waals surface area contributed by atoms with Crippen molar-refractivity contribution in [2.75, 3.05) is 0 Å². The average molecular weight is 483 g/mol. The topological polar surface area (TPSA) is 87.8 Å². The summed E-state index contributed by atoms with van der Waals surface area (Å²) in [6.07, 6.45) is -0.843. The van der Waals surface area contributed by atoms with Crippen molar-refractivity contribution in [1.29, 1.82) is 5.26 Å². The van der Waals surface area contributed by atoms with Gasteiger partial charge in [-0.1, -0.05) is 11.6 Å². The molecule has 1 aliphatic carbocycles. The number of alkyl halides is 3. The summed E-state index contributed by atoms with van der Waals surface area (Å²) in [6, 6.07) is 7.92. The van der Waals surface area contributed by atoms with Crippen LogP contribution in [-0.4, -0.2) is 30.2 Å². The van der Waals surface area contributed by atoms with E-state index in [1.165, 1.54) is 12.1 Å². The highest BCUT2D eigenvalue weighted by atomic mass is 35.5. The third-order valence-electron chi connectivity index (χ3n) is 5.63. The zero-order chi connectivity index (χ0) is 23.3. The second kappa shape index (κ2) is 8.06. The number of nitrogens with zero attached hydrogens (tertiary/aromatic N) is 3. The second-order valence-corrected chi connectivity index (χ2v) is 9.87. The number of aromatic nitrogens is 2. The Morgan fingerprint density at radius 3 is 2.53 bits per heavy atom. The summed E-state index contributed by atoms with van der Waals surface area (Å²) in [7, 11) is -4.43. The highest BCUT2D eigenvalue weighted by molar-refractivity contribution is 7.89. The fraction of sp³-hybridized carbons (Fsp3) is 0.333. The van der Waals surface area contributed by atoms with E-state index < -0.39 is 27.1 Å². The van der Waals surface area contributed by atoms with Gasteiger partial charge in [0.2, 0.25) is 10.0 Å². The van der Waals surface area contributed by atoms with Crippen LogP contribution in [0, 0.1) is 11.3 Å². The van der Waals surface area contributed by atoms with Gasteiger partial charge in [0.1, 0.15) is 17.0 Å². The molecule has 0 spiro atoms. The van der Waals surface area contributed by atoms with E-state index >= 15 is 0 Å². The van der Waals surface area contributed by atoms with Crippen LogP contribution in [0.25, 0.3) is 22.3 Å². The van der Waals surface area contributed by atoms with E-state index in [9.17, 15) is 26.9 Å². The Hall–Kier alpha value is -2.61. The lowest BCUT2D eigenvalue weighted by Crippen LogP contribution is -2.42. The lowest BCUT2D eigenvalue weighted by Gasteiger charge is -2.30. The number of halogens is 4. The number of benzene rings is 1. The van der Waals surface area contributed by atoms with Gasteiger partial charge in [-0.25, -0.2) is 8.42 Å². The predicted molar refractivity (Wildman–Crippen MR) is 114 cm³/mol. The summed E-state index contributed by atoms with van der Waals surface area (Å²) in [5.41, 5.74) is 2.06. The molecule has 2 heterocycles. The van der Waals surface area contributed by atoms with Crippen molar-refractivity contribution >= 4 is 32.5 Å². The van der Waals surface area contributed by atoms with E-state index in [2.05, 4.69) is 11.1 Å².